The molecule has 3 N–H and O–H groups in total. The number of hydrogen-bond donors (Lipinski definition) is 2. The molecule has 1 fully saturated rings. The third kappa shape index (κ3) is 1.97. The second-order valence-electron chi connectivity index (χ2n) is 4.40. The lowest BCUT2D eigenvalue weighted by Gasteiger charge is -2.28. The molecule has 2 heterocycles. The van der Waals surface area contributed by atoms with Gasteiger partial charge in [-0.1, -0.05) is 0 Å². The fraction of sp³-hybridized carbons (Fsp3) is 0.154. The Morgan fingerprint density at radius 1 is 1.16 bits per heavy atom. The van der Waals surface area contributed by atoms with Gasteiger partial charge in [0.05, 0.1) is 24.3 Å². The van der Waals surface area contributed by atoms with Crippen LogP contribution in [0.1, 0.15) is 0 Å². The molecule has 6 nitrogen and oxygen atoms in total. The first-order chi connectivity index (χ1) is 9.15. The van der Waals surface area contributed by atoms with Crippen molar-refractivity contribution in [2.45, 2.75) is 0 Å². The second-order valence-corrected chi connectivity index (χ2v) is 4.40. The van der Waals surface area contributed by atoms with Crippen molar-refractivity contribution in [3.8, 4) is 0 Å². The molecule has 0 aliphatic carbocycles. The molecule has 3 rings (SSSR count). The quantitative estimate of drug-likeness (QED) is 0.565. The van der Waals surface area contributed by atoms with Crippen LogP contribution in [0.3, 0.4) is 0 Å². The highest BCUT2D eigenvalue weighted by Gasteiger charge is 2.24. The minimum Gasteiger partial charge on any atom is -0.398 e. The summed E-state index contributed by atoms with van der Waals surface area (Å²) in [5.74, 6) is -0.616. The zero-order valence-corrected chi connectivity index (χ0v) is 10.1. The molecule has 1 aromatic heterocycles. The maximum atomic E-state index is 11.4. The maximum absolute atomic E-state index is 11.4. The summed E-state index contributed by atoms with van der Waals surface area (Å²) < 4.78 is 0. The van der Waals surface area contributed by atoms with Gasteiger partial charge in [0, 0.05) is 17.3 Å². The molecule has 0 spiro atoms. The van der Waals surface area contributed by atoms with Crippen LogP contribution < -0.4 is 16.0 Å². The number of carbonyl (C=O) groups is 2. The van der Waals surface area contributed by atoms with E-state index >= 15 is 0 Å². The van der Waals surface area contributed by atoms with E-state index in [1.165, 1.54) is 0 Å². The van der Waals surface area contributed by atoms with Crippen LogP contribution >= 0.6 is 0 Å². The van der Waals surface area contributed by atoms with E-state index < -0.39 is 0 Å². The van der Waals surface area contributed by atoms with Gasteiger partial charge in [-0.15, -0.1) is 0 Å². The molecule has 19 heavy (non-hydrogen) atoms. The van der Waals surface area contributed by atoms with Gasteiger partial charge < -0.3 is 10.6 Å². The largest absolute Gasteiger partial charge is 0.398 e. The number of nitrogens with two attached hydrogens (primary N) is 1. The van der Waals surface area contributed by atoms with Crippen LogP contribution in [0.5, 0.6) is 0 Å². The molecule has 1 aliphatic rings. The van der Waals surface area contributed by atoms with Gasteiger partial charge in [0.15, 0.2) is 0 Å². The number of benzene rings is 1. The number of imide groups is 1. The lowest BCUT2D eigenvalue weighted by molar-refractivity contribution is -0.130. The molecule has 2 amide bonds. The van der Waals surface area contributed by atoms with Crippen LogP contribution in [0.4, 0.5) is 11.4 Å². The van der Waals surface area contributed by atoms with Crippen molar-refractivity contribution >= 4 is 34.1 Å². The highest BCUT2D eigenvalue weighted by atomic mass is 16.2. The number of piperazine rings is 1. The number of hydrogen-bond acceptors (Lipinski definition) is 5. The highest BCUT2D eigenvalue weighted by Crippen LogP contribution is 2.29. The van der Waals surface area contributed by atoms with Crippen molar-refractivity contribution < 1.29 is 9.59 Å². The first-order valence-electron chi connectivity index (χ1n) is 5.86. The minimum absolute atomic E-state index is 0.140. The maximum Gasteiger partial charge on any atom is 0.246 e. The number of nitrogens with zero attached hydrogens (tertiary/aromatic N) is 2. The normalized spacial score (nSPS) is 15.7. The van der Waals surface area contributed by atoms with Crippen molar-refractivity contribution in [2.24, 2.45) is 0 Å². The Bertz CT molecular complexity index is 667. The molecule has 0 atom stereocenters. The standard InChI is InChI=1S/C13H12N4O2/c14-9-3-4-10(13-8(9)2-1-5-15-13)17-6-11(18)16-12(19)7-17/h1-5H,6-7,14H2,(H,16,18,19). The number of nitrogens with one attached hydrogen (secondary N) is 1. The Morgan fingerprint density at radius 2 is 1.89 bits per heavy atom. The molecule has 1 aromatic carbocycles. The molecule has 6 heteroatoms. The van der Waals surface area contributed by atoms with E-state index in [4.69, 9.17) is 5.73 Å². The lowest BCUT2D eigenvalue weighted by atomic mass is 10.1. The summed E-state index contributed by atoms with van der Waals surface area (Å²) in [6.07, 6.45) is 1.66. The van der Waals surface area contributed by atoms with Gasteiger partial charge in [-0.25, -0.2) is 0 Å². The molecule has 0 unspecified atom stereocenters. The Morgan fingerprint density at radius 3 is 2.63 bits per heavy atom. The summed E-state index contributed by atoms with van der Waals surface area (Å²) in [6.45, 7) is 0.280. The monoisotopic (exact) mass is 256 g/mol. The van der Waals surface area contributed by atoms with E-state index in [0.717, 1.165) is 11.1 Å². The van der Waals surface area contributed by atoms with Gasteiger partial charge in [-0.3, -0.25) is 19.9 Å². The van der Waals surface area contributed by atoms with E-state index in [2.05, 4.69) is 10.3 Å². The Balaban J connectivity index is 2.12. The Labute approximate surface area is 109 Å². The average molecular weight is 256 g/mol. The third-order valence-electron chi connectivity index (χ3n) is 3.07. The van der Waals surface area contributed by atoms with Gasteiger partial charge in [-0.05, 0) is 24.3 Å². The molecule has 0 saturated carbocycles. The zero-order chi connectivity index (χ0) is 13.4. The summed E-state index contributed by atoms with van der Waals surface area (Å²) in [6, 6.07) is 7.22. The van der Waals surface area contributed by atoms with Crippen molar-refractivity contribution in [1.82, 2.24) is 10.3 Å². The number of anilines is 2. The molecular weight excluding hydrogens is 244 g/mol. The topological polar surface area (TPSA) is 88.3 Å². The van der Waals surface area contributed by atoms with Gasteiger partial charge in [-0.2, -0.15) is 0 Å². The molecule has 96 valence electrons. The molecule has 1 saturated heterocycles. The summed E-state index contributed by atoms with van der Waals surface area (Å²) >= 11 is 0. The zero-order valence-electron chi connectivity index (χ0n) is 10.1. The van der Waals surface area contributed by atoms with Gasteiger partial charge in [0.2, 0.25) is 11.8 Å². The summed E-state index contributed by atoms with van der Waals surface area (Å²) in [5.41, 5.74) is 7.97. The number of amides is 2. The molecular formula is C13H12N4O2. The smallest absolute Gasteiger partial charge is 0.246 e. The first kappa shape index (κ1) is 11.5. The fourth-order valence-corrected chi connectivity index (χ4v) is 2.24. The SMILES string of the molecule is Nc1ccc(N2CC(=O)NC(=O)C2)c2ncccc12. The highest BCUT2D eigenvalue weighted by molar-refractivity contribution is 6.06. The number of nitrogen functional groups attached to an aromatic ring is 1. The van der Waals surface area contributed by atoms with Crippen LogP contribution in [0, 0.1) is 0 Å². The van der Waals surface area contributed by atoms with E-state index in [1.807, 2.05) is 6.07 Å². The number of fused-ring (bicyclic) bond motifs is 1. The molecule has 2 aromatic rings. The van der Waals surface area contributed by atoms with Crippen LogP contribution in [0.25, 0.3) is 10.9 Å². The van der Waals surface area contributed by atoms with Crippen LogP contribution in [0.2, 0.25) is 0 Å². The fourth-order valence-electron chi connectivity index (χ4n) is 2.24. The predicted molar refractivity (Wildman–Crippen MR) is 71.5 cm³/mol. The second kappa shape index (κ2) is 4.24. The van der Waals surface area contributed by atoms with E-state index in [-0.39, 0.29) is 24.9 Å². The predicted octanol–water partition coefficient (Wildman–Crippen LogP) is 0.280. The summed E-state index contributed by atoms with van der Waals surface area (Å²) in [4.78, 5) is 28.9. The number of aromatic nitrogens is 1. The van der Waals surface area contributed by atoms with E-state index in [0.29, 0.717) is 11.2 Å². The number of pyridine rings is 1. The summed E-state index contributed by atoms with van der Waals surface area (Å²) in [5, 5.41) is 3.09. The Kier molecular flexibility index (Phi) is 2.56. The third-order valence-corrected chi connectivity index (χ3v) is 3.07. The van der Waals surface area contributed by atoms with Gasteiger partial charge in [0.1, 0.15) is 0 Å². The first-order valence-corrected chi connectivity index (χ1v) is 5.86. The molecule has 1 aliphatic heterocycles. The van der Waals surface area contributed by atoms with Crippen LogP contribution in [-0.2, 0) is 9.59 Å². The number of carbonyl (C=O) groups excluding carboxylic acids is 2. The van der Waals surface area contributed by atoms with Crippen molar-refractivity contribution in [1.29, 1.82) is 0 Å². The molecule has 0 bridgehead atoms. The van der Waals surface area contributed by atoms with Gasteiger partial charge in [0.25, 0.3) is 0 Å². The van der Waals surface area contributed by atoms with Crippen molar-refractivity contribution in [2.75, 3.05) is 23.7 Å². The van der Waals surface area contributed by atoms with E-state index in [9.17, 15) is 9.59 Å². The van der Waals surface area contributed by atoms with Crippen molar-refractivity contribution in [3.63, 3.8) is 0 Å². The lowest BCUT2D eigenvalue weighted by Crippen LogP contribution is -2.51. The van der Waals surface area contributed by atoms with Crippen LogP contribution in [0.15, 0.2) is 30.5 Å². The minimum atomic E-state index is -0.308. The average Bonchev–Trinajstić information content (AvgIpc) is 2.38. The Hall–Kier alpha value is -2.63. The summed E-state index contributed by atoms with van der Waals surface area (Å²) in [7, 11) is 0. The molecule has 0 radical (unpaired) electrons. The number of rotatable bonds is 1. The van der Waals surface area contributed by atoms with Crippen molar-refractivity contribution in [3.05, 3.63) is 30.5 Å². The van der Waals surface area contributed by atoms with Gasteiger partial charge >= 0.3 is 0 Å². The van der Waals surface area contributed by atoms with E-state index in [1.54, 1.807) is 29.3 Å². The van der Waals surface area contributed by atoms with Crippen LogP contribution in [-0.4, -0.2) is 29.9 Å².